The zero-order chi connectivity index (χ0) is 15.2. The lowest BCUT2D eigenvalue weighted by Crippen LogP contribution is -2.22. The number of hydrogen-bond donors (Lipinski definition) is 1. The molecule has 0 radical (unpaired) electrons. The first kappa shape index (κ1) is 14.0. The third-order valence-electron chi connectivity index (χ3n) is 3.41. The number of carbonyl (C=O) groups excluding carboxylic acids is 1. The number of nitrogens with one attached hydrogen (secondary N) is 1. The van der Waals surface area contributed by atoms with Gasteiger partial charge in [-0.15, -0.1) is 10.2 Å². The Hall–Kier alpha value is -2.95. The molecule has 1 atom stereocenters. The van der Waals surface area contributed by atoms with Crippen LogP contribution in [-0.4, -0.2) is 20.7 Å². The molecule has 3 aromatic rings. The van der Waals surface area contributed by atoms with Crippen LogP contribution < -0.4 is 5.43 Å². The van der Waals surface area contributed by atoms with E-state index in [1.807, 2.05) is 60.7 Å². The summed E-state index contributed by atoms with van der Waals surface area (Å²) in [5, 5.41) is 7.54. The molecule has 0 aliphatic carbocycles. The quantitative estimate of drug-likeness (QED) is 0.710. The number of carbonyl (C=O) groups is 1. The zero-order valence-electron chi connectivity index (χ0n) is 12.0. The van der Waals surface area contributed by atoms with Gasteiger partial charge in [0.1, 0.15) is 12.7 Å². The predicted molar refractivity (Wildman–Crippen MR) is 84.0 cm³/mol. The minimum atomic E-state index is -0.148. The molecule has 0 aliphatic heterocycles. The van der Waals surface area contributed by atoms with E-state index in [4.69, 9.17) is 0 Å². The second-order valence-corrected chi connectivity index (χ2v) is 4.95. The molecule has 1 unspecified atom stereocenters. The summed E-state index contributed by atoms with van der Waals surface area (Å²) in [5.41, 5.74) is 5.01. The highest BCUT2D eigenvalue weighted by molar-refractivity contribution is 5.96. The number of Topliss-reactive ketones (excluding diaryl/α,β-unsaturated/α-hetero) is 1. The van der Waals surface area contributed by atoms with Gasteiger partial charge in [-0.3, -0.25) is 4.79 Å². The first-order chi connectivity index (χ1) is 10.8. The van der Waals surface area contributed by atoms with Crippen molar-refractivity contribution in [2.45, 2.75) is 12.5 Å². The Labute approximate surface area is 128 Å². The summed E-state index contributed by atoms with van der Waals surface area (Å²) in [5.74, 6) is 0.0926. The van der Waals surface area contributed by atoms with Gasteiger partial charge in [0.2, 0.25) is 0 Å². The molecule has 2 aromatic carbocycles. The van der Waals surface area contributed by atoms with E-state index in [2.05, 4.69) is 15.6 Å². The fourth-order valence-corrected chi connectivity index (χ4v) is 2.30. The van der Waals surface area contributed by atoms with Crippen molar-refractivity contribution >= 4 is 5.78 Å². The van der Waals surface area contributed by atoms with Gasteiger partial charge in [0.25, 0.3) is 0 Å². The maximum atomic E-state index is 12.5. The van der Waals surface area contributed by atoms with Gasteiger partial charge in [0.05, 0.1) is 6.04 Å². The summed E-state index contributed by atoms with van der Waals surface area (Å²) in [4.78, 5) is 12.5. The highest BCUT2D eigenvalue weighted by Gasteiger charge is 2.17. The van der Waals surface area contributed by atoms with E-state index in [1.165, 1.54) is 0 Å². The Kier molecular flexibility index (Phi) is 4.25. The lowest BCUT2D eigenvalue weighted by Gasteiger charge is -2.19. The Morgan fingerprint density at radius 3 is 2.18 bits per heavy atom. The Morgan fingerprint density at radius 2 is 1.55 bits per heavy atom. The first-order valence-corrected chi connectivity index (χ1v) is 7.07. The third kappa shape index (κ3) is 3.38. The predicted octanol–water partition coefficient (Wildman–Crippen LogP) is 2.84. The van der Waals surface area contributed by atoms with Crippen LogP contribution in [0.25, 0.3) is 0 Å². The molecule has 0 saturated carbocycles. The zero-order valence-corrected chi connectivity index (χ0v) is 12.0. The van der Waals surface area contributed by atoms with E-state index in [1.54, 1.807) is 17.3 Å². The van der Waals surface area contributed by atoms with Gasteiger partial charge in [-0.1, -0.05) is 60.7 Å². The van der Waals surface area contributed by atoms with Crippen LogP contribution >= 0.6 is 0 Å². The van der Waals surface area contributed by atoms with Crippen LogP contribution in [0.4, 0.5) is 0 Å². The summed E-state index contributed by atoms with van der Waals surface area (Å²) in [6.45, 7) is 0. The summed E-state index contributed by atoms with van der Waals surface area (Å²) in [7, 11) is 0. The fourth-order valence-electron chi connectivity index (χ4n) is 2.30. The number of ketones is 1. The van der Waals surface area contributed by atoms with Gasteiger partial charge in [0.15, 0.2) is 5.78 Å². The highest BCUT2D eigenvalue weighted by Crippen LogP contribution is 2.20. The molecule has 0 saturated heterocycles. The number of hydrogen-bond acceptors (Lipinski definition) is 4. The first-order valence-electron chi connectivity index (χ1n) is 7.07. The van der Waals surface area contributed by atoms with E-state index in [9.17, 15) is 4.79 Å². The van der Waals surface area contributed by atoms with Crippen molar-refractivity contribution in [3.63, 3.8) is 0 Å². The van der Waals surface area contributed by atoms with Crippen molar-refractivity contribution in [2.75, 3.05) is 5.43 Å². The molecule has 1 aromatic heterocycles. The van der Waals surface area contributed by atoms with Crippen LogP contribution in [-0.2, 0) is 0 Å². The topological polar surface area (TPSA) is 59.8 Å². The second kappa shape index (κ2) is 6.67. The van der Waals surface area contributed by atoms with Crippen molar-refractivity contribution in [3.8, 4) is 0 Å². The molecule has 3 rings (SSSR count). The van der Waals surface area contributed by atoms with Crippen LogP contribution in [0.5, 0.6) is 0 Å². The molecule has 0 spiro atoms. The van der Waals surface area contributed by atoms with Crippen LogP contribution in [0.3, 0.4) is 0 Å². The average Bonchev–Trinajstić information content (AvgIpc) is 3.09. The highest BCUT2D eigenvalue weighted by atomic mass is 16.1. The van der Waals surface area contributed by atoms with Crippen molar-refractivity contribution < 1.29 is 4.79 Å². The molecule has 5 heteroatoms. The van der Waals surface area contributed by atoms with Gasteiger partial charge in [-0.2, -0.15) is 0 Å². The van der Waals surface area contributed by atoms with E-state index in [0.29, 0.717) is 12.0 Å². The van der Waals surface area contributed by atoms with Crippen molar-refractivity contribution in [1.29, 1.82) is 0 Å². The van der Waals surface area contributed by atoms with Crippen LogP contribution in [0.1, 0.15) is 28.4 Å². The SMILES string of the molecule is O=C(CC(Nn1cnnc1)c1ccccc1)c1ccccc1. The van der Waals surface area contributed by atoms with Gasteiger partial charge < -0.3 is 5.43 Å². The summed E-state index contributed by atoms with van der Waals surface area (Å²) in [6, 6.07) is 19.1. The maximum absolute atomic E-state index is 12.5. The summed E-state index contributed by atoms with van der Waals surface area (Å²) in [6.07, 6.45) is 3.50. The Morgan fingerprint density at radius 1 is 0.955 bits per heavy atom. The molecule has 0 amide bonds. The molecule has 1 N–H and O–H groups in total. The molecule has 0 aliphatic rings. The van der Waals surface area contributed by atoms with E-state index in [0.717, 1.165) is 5.56 Å². The van der Waals surface area contributed by atoms with Gasteiger partial charge in [-0.25, -0.2) is 4.68 Å². The normalized spacial score (nSPS) is 11.8. The van der Waals surface area contributed by atoms with E-state index < -0.39 is 0 Å². The van der Waals surface area contributed by atoms with Gasteiger partial charge in [-0.05, 0) is 5.56 Å². The number of nitrogens with zero attached hydrogens (tertiary/aromatic N) is 3. The van der Waals surface area contributed by atoms with Gasteiger partial charge >= 0.3 is 0 Å². The van der Waals surface area contributed by atoms with Gasteiger partial charge in [0, 0.05) is 12.0 Å². The summed E-state index contributed by atoms with van der Waals surface area (Å²) >= 11 is 0. The third-order valence-corrected chi connectivity index (χ3v) is 3.41. The Balaban J connectivity index is 1.81. The van der Waals surface area contributed by atoms with Crippen LogP contribution in [0.15, 0.2) is 73.3 Å². The van der Waals surface area contributed by atoms with E-state index in [-0.39, 0.29) is 11.8 Å². The largest absolute Gasteiger partial charge is 0.316 e. The lowest BCUT2D eigenvalue weighted by molar-refractivity contribution is 0.0975. The molecule has 5 nitrogen and oxygen atoms in total. The smallest absolute Gasteiger partial charge is 0.165 e. The molecule has 1 heterocycles. The van der Waals surface area contributed by atoms with Crippen molar-refractivity contribution in [2.24, 2.45) is 0 Å². The molecular weight excluding hydrogens is 276 g/mol. The Bertz CT molecular complexity index is 711. The number of rotatable bonds is 6. The van der Waals surface area contributed by atoms with Crippen LogP contribution in [0, 0.1) is 0 Å². The molecule has 22 heavy (non-hydrogen) atoms. The number of benzene rings is 2. The van der Waals surface area contributed by atoms with Crippen LogP contribution in [0.2, 0.25) is 0 Å². The molecule has 0 bridgehead atoms. The minimum absolute atomic E-state index is 0.0926. The molecule has 110 valence electrons. The minimum Gasteiger partial charge on any atom is -0.316 e. The summed E-state index contributed by atoms with van der Waals surface area (Å²) < 4.78 is 1.66. The monoisotopic (exact) mass is 292 g/mol. The van der Waals surface area contributed by atoms with E-state index >= 15 is 0 Å². The number of aromatic nitrogens is 3. The second-order valence-electron chi connectivity index (χ2n) is 4.95. The average molecular weight is 292 g/mol. The van der Waals surface area contributed by atoms with Crippen molar-refractivity contribution in [3.05, 3.63) is 84.4 Å². The lowest BCUT2D eigenvalue weighted by atomic mass is 9.98. The molecule has 0 fully saturated rings. The van der Waals surface area contributed by atoms with Crippen molar-refractivity contribution in [1.82, 2.24) is 14.9 Å². The molecular formula is C17H16N4O. The standard InChI is InChI=1S/C17H16N4O/c22-17(15-9-5-2-6-10-15)11-16(14-7-3-1-4-8-14)20-21-12-18-19-13-21/h1-10,12-13,16,20H,11H2. The fraction of sp³-hybridized carbons (Fsp3) is 0.118. The maximum Gasteiger partial charge on any atom is 0.165 e.